The van der Waals surface area contributed by atoms with Crippen LogP contribution in [-0.2, 0) is 4.74 Å². The molecule has 0 aliphatic carbocycles. The third-order valence-corrected chi connectivity index (χ3v) is 2.14. The number of nitrogen functional groups attached to an aromatic ring is 1. The van der Waals surface area contributed by atoms with E-state index in [9.17, 15) is 0 Å². The zero-order valence-corrected chi connectivity index (χ0v) is 9.71. The standard InChI is InChI=1S/C12H20N2O/c1-4-15-10(3)8-14-12-6-9(2)5-11(13)7-12/h5-7,10,14H,4,8,13H2,1-3H3. The van der Waals surface area contributed by atoms with Crippen LogP contribution >= 0.6 is 0 Å². The van der Waals surface area contributed by atoms with Crippen LogP contribution in [0.25, 0.3) is 0 Å². The lowest BCUT2D eigenvalue weighted by Gasteiger charge is -2.14. The first kappa shape index (κ1) is 11.9. The highest BCUT2D eigenvalue weighted by molar-refractivity contribution is 5.56. The van der Waals surface area contributed by atoms with E-state index in [0.29, 0.717) is 0 Å². The highest BCUT2D eigenvalue weighted by atomic mass is 16.5. The fraction of sp³-hybridized carbons (Fsp3) is 0.500. The maximum absolute atomic E-state index is 5.75. The van der Waals surface area contributed by atoms with Crippen molar-refractivity contribution in [1.29, 1.82) is 0 Å². The summed E-state index contributed by atoms with van der Waals surface area (Å²) in [6, 6.07) is 5.97. The SMILES string of the molecule is CCOC(C)CNc1cc(C)cc(N)c1. The van der Waals surface area contributed by atoms with Gasteiger partial charge >= 0.3 is 0 Å². The number of aryl methyl sites for hydroxylation is 1. The second-order valence-corrected chi connectivity index (χ2v) is 3.78. The van der Waals surface area contributed by atoms with Gasteiger partial charge in [0.05, 0.1) is 6.10 Å². The van der Waals surface area contributed by atoms with Crippen LogP contribution < -0.4 is 11.1 Å². The van der Waals surface area contributed by atoms with Crippen molar-refractivity contribution in [1.82, 2.24) is 0 Å². The molecule has 1 unspecified atom stereocenters. The van der Waals surface area contributed by atoms with Gasteiger partial charge in [-0.2, -0.15) is 0 Å². The Labute approximate surface area is 91.6 Å². The van der Waals surface area contributed by atoms with E-state index in [1.807, 2.05) is 26.0 Å². The number of benzene rings is 1. The molecule has 0 aliphatic heterocycles. The van der Waals surface area contributed by atoms with Gasteiger partial charge in [-0.15, -0.1) is 0 Å². The maximum Gasteiger partial charge on any atom is 0.0719 e. The number of nitrogens with two attached hydrogens (primary N) is 1. The molecular formula is C12H20N2O. The summed E-state index contributed by atoms with van der Waals surface area (Å²) in [7, 11) is 0. The predicted molar refractivity (Wildman–Crippen MR) is 65.2 cm³/mol. The van der Waals surface area contributed by atoms with Gasteiger partial charge in [-0.25, -0.2) is 0 Å². The Kier molecular flexibility index (Phi) is 4.43. The molecule has 1 atom stereocenters. The third-order valence-electron chi connectivity index (χ3n) is 2.14. The van der Waals surface area contributed by atoms with Crippen LogP contribution in [0.15, 0.2) is 18.2 Å². The van der Waals surface area contributed by atoms with Gasteiger partial charge in [0, 0.05) is 24.5 Å². The highest BCUT2D eigenvalue weighted by Gasteiger charge is 2.01. The maximum atomic E-state index is 5.75. The molecule has 1 aromatic carbocycles. The molecule has 0 spiro atoms. The first-order valence-corrected chi connectivity index (χ1v) is 5.34. The fourth-order valence-corrected chi connectivity index (χ4v) is 1.52. The minimum Gasteiger partial charge on any atom is -0.399 e. The molecule has 0 aromatic heterocycles. The Morgan fingerprint density at radius 2 is 2.13 bits per heavy atom. The average Bonchev–Trinajstić information content (AvgIpc) is 2.14. The van der Waals surface area contributed by atoms with Crippen molar-refractivity contribution < 1.29 is 4.74 Å². The van der Waals surface area contributed by atoms with Gasteiger partial charge in [-0.3, -0.25) is 0 Å². The van der Waals surface area contributed by atoms with Crippen molar-refractivity contribution >= 4 is 11.4 Å². The van der Waals surface area contributed by atoms with Crippen LogP contribution in [0, 0.1) is 6.92 Å². The molecule has 1 rings (SSSR count). The van der Waals surface area contributed by atoms with Gasteiger partial charge in [-0.05, 0) is 44.5 Å². The molecule has 0 heterocycles. The quantitative estimate of drug-likeness (QED) is 0.730. The number of nitrogens with one attached hydrogen (secondary N) is 1. The van der Waals surface area contributed by atoms with E-state index in [0.717, 1.165) is 24.5 Å². The molecule has 3 N–H and O–H groups in total. The van der Waals surface area contributed by atoms with E-state index >= 15 is 0 Å². The van der Waals surface area contributed by atoms with Gasteiger partial charge in [0.25, 0.3) is 0 Å². The molecule has 3 nitrogen and oxygen atoms in total. The van der Waals surface area contributed by atoms with Crippen molar-refractivity contribution in [3.05, 3.63) is 23.8 Å². The number of rotatable bonds is 5. The zero-order valence-electron chi connectivity index (χ0n) is 9.71. The van der Waals surface area contributed by atoms with E-state index in [4.69, 9.17) is 10.5 Å². The van der Waals surface area contributed by atoms with Crippen molar-refractivity contribution in [3.8, 4) is 0 Å². The van der Waals surface area contributed by atoms with E-state index in [1.54, 1.807) is 0 Å². The van der Waals surface area contributed by atoms with Crippen LogP contribution in [0.2, 0.25) is 0 Å². The Hall–Kier alpha value is -1.22. The smallest absolute Gasteiger partial charge is 0.0719 e. The lowest BCUT2D eigenvalue weighted by molar-refractivity contribution is 0.0855. The van der Waals surface area contributed by atoms with Gasteiger partial charge < -0.3 is 15.8 Å². The van der Waals surface area contributed by atoms with Crippen molar-refractivity contribution in [2.24, 2.45) is 0 Å². The fourth-order valence-electron chi connectivity index (χ4n) is 1.52. The van der Waals surface area contributed by atoms with E-state index in [2.05, 4.69) is 18.3 Å². The van der Waals surface area contributed by atoms with E-state index in [-0.39, 0.29) is 6.10 Å². The zero-order chi connectivity index (χ0) is 11.3. The van der Waals surface area contributed by atoms with Crippen molar-refractivity contribution in [3.63, 3.8) is 0 Å². The summed E-state index contributed by atoms with van der Waals surface area (Å²) >= 11 is 0. The molecule has 0 saturated heterocycles. The van der Waals surface area contributed by atoms with Crippen LogP contribution in [0.4, 0.5) is 11.4 Å². The summed E-state index contributed by atoms with van der Waals surface area (Å²) in [5.41, 5.74) is 8.77. The third kappa shape index (κ3) is 4.21. The second-order valence-electron chi connectivity index (χ2n) is 3.78. The van der Waals surface area contributed by atoms with Crippen LogP contribution in [-0.4, -0.2) is 19.3 Å². The molecule has 0 aliphatic rings. The summed E-state index contributed by atoms with van der Waals surface area (Å²) < 4.78 is 5.43. The molecule has 0 radical (unpaired) electrons. The largest absolute Gasteiger partial charge is 0.399 e. The summed E-state index contributed by atoms with van der Waals surface area (Å²) in [6.45, 7) is 7.64. The normalized spacial score (nSPS) is 12.5. The van der Waals surface area contributed by atoms with Crippen LogP contribution in [0.5, 0.6) is 0 Å². The van der Waals surface area contributed by atoms with Gasteiger partial charge in [0.1, 0.15) is 0 Å². The highest BCUT2D eigenvalue weighted by Crippen LogP contribution is 2.15. The Morgan fingerprint density at radius 3 is 2.73 bits per heavy atom. The van der Waals surface area contributed by atoms with Crippen LogP contribution in [0.1, 0.15) is 19.4 Å². The predicted octanol–water partition coefficient (Wildman–Crippen LogP) is 2.41. The Morgan fingerprint density at radius 1 is 1.40 bits per heavy atom. The molecule has 1 aromatic rings. The lowest BCUT2D eigenvalue weighted by Crippen LogP contribution is -2.19. The lowest BCUT2D eigenvalue weighted by atomic mass is 10.2. The van der Waals surface area contributed by atoms with E-state index in [1.165, 1.54) is 5.56 Å². The first-order valence-electron chi connectivity index (χ1n) is 5.34. The molecule has 15 heavy (non-hydrogen) atoms. The van der Waals surface area contributed by atoms with Crippen molar-refractivity contribution in [2.75, 3.05) is 24.2 Å². The molecule has 0 amide bonds. The summed E-state index contributed by atoms with van der Waals surface area (Å²) in [4.78, 5) is 0. The molecule has 0 saturated carbocycles. The summed E-state index contributed by atoms with van der Waals surface area (Å²) in [5.74, 6) is 0. The molecular weight excluding hydrogens is 188 g/mol. The molecule has 0 bridgehead atoms. The minimum atomic E-state index is 0.219. The molecule has 3 heteroatoms. The van der Waals surface area contributed by atoms with Gasteiger partial charge in [0.2, 0.25) is 0 Å². The van der Waals surface area contributed by atoms with Crippen LogP contribution in [0.3, 0.4) is 0 Å². The molecule has 84 valence electrons. The Bertz CT molecular complexity index is 292. The number of ether oxygens (including phenoxy) is 1. The number of hydrogen-bond donors (Lipinski definition) is 2. The monoisotopic (exact) mass is 208 g/mol. The van der Waals surface area contributed by atoms with Crippen molar-refractivity contribution in [2.45, 2.75) is 26.9 Å². The minimum absolute atomic E-state index is 0.219. The second kappa shape index (κ2) is 5.61. The summed E-state index contributed by atoms with van der Waals surface area (Å²) in [5, 5.41) is 3.31. The van der Waals surface area contributed by atoms with E-state index < -0.39 is 0 Å². The topological polar surface area (TPSA) is 47.3 Å². The Balaban J connectivity index is 2.50. The van der Waals surface area contributed by atoms with Gasteiger partial charge in [-0.1, -0.05) is 0 Å². The first-order chi connectivity index (χ1) is 7.11. The molecule has 0 fully saturated rings. The number of anilines is 2. The average molecular weight is 208 g/mol. The van der Waals surface area contributed by atoms with Gasteiger partial charge in [0.15, 0.2) is 0 Å². The number of hydrogen-bond acceptors (Lipinski definition) is 3. The summed E-state index contributed by atoms with van der Waals surface area (Å²) in [6.07, 6.45) is 0.219.